The molecule has 16 heavy (non-hydrogen) atoms. The van der Waals surface area contributed by atoms with E-state index in [0.717, 1.165) is 23.1 Å². The number of benzene rings is 1. The number of hydrogen-bond donors (Lipinski definition) is 1. The molecule has 0 unspecified atom stereocenters. The Bertz CT molecular complexity index is 428. The molecule has 0 saturated heterocycles. The fourth-order valence-corrected chi connectivity index (χ4v) is 2.63. The highest BCUT2D eigenvalue weighted by Crippen LogP contribution is 2.39. The molecule has 0 aromatic heterocycles. The number of fused-ring (bicyclic) bond motifs is 1. The molecule has 0 saturated carbocycles. The highest BCUT2D eigenvalue weighted by atomic mass is 79.9. The molecule has 2 rings (SSSR count). The monoisotopic (exact) mass is 284 g/mol. The van der Waals surface area contributed by atoms with Crippen LogP contribution < -0.4 is 4.74 Å². The predicted molar refractivity (Wildman–Crippen MR) is 68.1 cm³/mol. The third kappa shape index (κ3) is 1.87. The second kappa shape index (κ2) is 4.04. The highest BCUT2D eigenvalue weighted by Gasteiger charge is 2.32. The Balaban J connectivity index is 2.49. The Morgan fingerprint density at radius 2 is 2.12 bits per heavy atom. The average Bonchev–Trinajstić information content (AvgIpc) is 2.28. The Morgan fingerprint density at radius 1 is 1.44 bits per heavy atom. The van der Waals surface area contributed by atoms with Gasteiger partial charge in [-0.25, -0.2) is 0 Å². The maximum Gasteiger partial charge on any atom is 0.129 e. The van der Waals surface area contributed by atoms with Gasteiger partial charge in [-0.15, -0.1) is 0 Å². The van der Waals surface area contributed by atoms with Crippen LogP contribution in [0.1, 0.15) is 30.0 Å². The number of aliphatic hydroxyl groups is 1. The van der Waals surface area contributed by atoms with Crippen molar-refractivity contribution in [1.29, 1.82) is 0 Å². The van der Waals surface area contributed by atoms with E-state index in [9.17, 15) is 5.11 Å². The van der Waals surface area contributed by atoms with E-state index in [1.54, 1.807) is 0 Å². The van der Waals surface area contributed by atoms with Gasteiger partial charge < -0.3 is 9.84 Å². The molecule has 1 aromatic carbocycles. The van der Waals surface area contributed by atoms with E-state index < -0.39 is 5.60 Å². The van der Waals surface area contributed by atoms with Crippen LogP contribution in [0.25, 0.3) is 0 Å². The summed E-state index contributed by atoms with van der Waals surface area (Å²) in [5.74, 6) is 0.962. The molecule has 2 nitrogen and oxygen atoms in total. The van der Waals surface area contributed by atoms with Crippen LogP contribution in [-0.4, -0.2) is 17.3 Å². The van der Waals surface area contributed by atoms with Gasteiger partial charge >= 0.3 is 0 Å². The predicted octanol–water partition coefficient (Wildman–Crippen LogP) is 3.14. The summed E-state index contributed by atoms with van der Waals surface area (Å²) in [6, 6.07) is 2.13. The van der Waals surface area contributed by atoms with Crippen molar-refractivity contribution in [2.75, 3.05) is 6.61 Å². The second-order valence-corrected chi connectivity index (χ2v) is 5.66. The van der Waals surface area contributed by atoms with Gasteiger partial charge in [-0.05, 0) is 56.4 Å². The summed E-state index contributed by atoms with van der Waals surface area (Å²) < 4.78 is 7.10. The van der Waals surface area contributed by atoms with Crippen molar-refractivity contribution in [2.45, 2.75) is 39.2 Å². The molecule has 1 heterocycles. The van der Waals surface area contributed by atoms with Gasteiger partial charge in [0.1, 0.15) is 11.4 Å². The molecule has 0 bridgehead atoms. The highest BCUT2D eigenvalue weighted by molar-refractivity contribution is 9.10. The van der Waals surface area contributed by atoms with E-state index in [1.807, 2.05) is 6.92 Å². The van der Waals surface area contributed by atoms with E-state index in [4.69, 9.17) is 4.74 Å². The molecule has 0 fully saturated rings. The number of aliphatic hydroxyl groups excluding tert-OH is 1. The van der Waals surface area contributed by atoms with Gasteiger partial charge in [-0.3, -0.25) is 0 Å². The third-order valence-corrected chi connectivity index (χ3v) is 4.28. The van der Waals surface area contributed by atoms with Crippen molar-refractivity contribution in [3.05, 3.63) is 27.2 Å². The number of hydrogen-bond acceptors (Lipinski definition) is 2. The molecule has 0 spiro atoms. The zero-order chi connectivity index (χ0) is 11.9. The second-order valence-electron chi connectivity index (χ2n) is 4.81. The summed E-state index contributed by atoms with van der Waals surface area (Å²) in [5.41, 5.74) is 3.20. The van der Waals surface area contributed by atoms with Gasteiger partial charge in [0.05, 0.1) is 6.61 Å². The molecular formula is C13H17BrO2. The van der Waals surface area contributed by atoms with Crippen LogP contribution in [0.2, 0.25) is 0 Å². The van der Waals surface area contributed by atoms with E-state index in [0.29, 0.717) is 0 Å². The molecule has 1 N–H and O–H groups in total. The lowest BCUT2D eigenvalue weighted by Crippen LogP contribution is -2.40. The minimum atomic E-state index is -0.419. The maximum atomic E-state index is 9.36. The standard InChI is InChI=1S/C13H17BrO2/c1-8-9(2)12-10(6-11(8)14)4-5-13(3,7-15)16-12/h6,15H,4-5,7H2,1-3H3/t13-/m0/s1. The SMILES string of the molecule is Cc1c(Br)cc2c(c1C)O[C@](C)(CO)CC2. The Labute approximate surface area is 105 Å². The van der Waals surface area contributed by atoms with Crippen LogP contribution in [0.5, 0.6) is 5.75 Å². The van der Waals surface area contributed by atoms with Crippen molar-refractivity contribution in [3.63, 3.8) is 0 Å². The van der Waals surface area contributed by atoms with E-state index >= 15 is 0 Å². The lowest BCUT2D eigenvalue weighted by molar-refractivity contribution is 0.00742. The summed E-state index contributed by atoms with van der Waals surface area (Å²) in [4.78, 5) is 0. The van der Waals surface area contributed by atoms with Crippen molar-refractivity contribution in [2.24, 2.45) is 0 Å². The van der Waals surface area contributed by atoms with Crippen molar-refractivity contribution >= 4 is 15.9 Å². The molecule has 1 atom stereocenters. The van der Waals surface area contributed by atoms with Gasteiger partial charge in [0.2, 0.25) is 0 Å². The van der Waals surface area contributed by atoms with Crippen LogP contribution >= 0.6 is 15.9 Å². The Kier molecular flexibility index (Phi) is 3.01. The first-order chi connectivity index (χ1) is 7.47. The van der Waals surface area contributed by atoms with Crippen LogP contribution in [0.15, 0.2) is 10.5 Å². The Hall–Kier alpha value is -0.540. The van der Waals surface area contributed by atoms with Gasteiger partial charge in [0.15, 0.2) is 0 Å². The summed E-state index contributed by atoms with van der Waals surface area (Å²) >= 11 is 3.57. The summed E-state index contributed by atoms with van der Waals surface area (Å²) in [6.07, 6.45) is 1.83. The lowest BCUT2D eigenvalue weighted by Gasteiger charge is -2.35. The van der Waals surface area contributed by atoms with Gasteiger partial charge in [-0.2, -0.15) is 0 Å². The Morgan fingerprint density at radius 3 is 2.75 bits per heavy atom. The first-order valence-electron chi connectivity index (χ1n) is 5.55. The fourth-order valence-electron chi connectivity index (χ4n) is 2.05. The van der Waals surface area contributed by atoms with Crippen LogP contribution in [-0.2, 0) is 6.42 Å². The minimum absolute atomic E-state index is 0.0704. The third-order valence-electron chi connectivity index (χ3n) is 3.46. The minimum Gasteiger partial charge on any atom is -0.485 e. The van der Waals surface area contributed by atoms with E-state index in [-0.39, 0.29) is 6.61 Å². The molecule has 0 aliphatic carbocycles. The number of halogens is 1. The van der Waals surface area contributed by atoms with Gasteiger partial charge in [0.25, 0.3) is 0 Å². The number of ether oxygens (including phenoxy) is 1. The van der Waals surface area contributed by atoms with Crippen molar-refractivity contribution in [3.8, 4) is 5.75 Å². The van der Waals surface area contributed by atoms with Crippen LogP contribution in [0.3, 0.4) is 0 Å². The normalized spacial score (nSPS) is 23.8. The van der Waals surface area contributed by atoms with Crippen LogP contribution in [0.4, 0.5) is 0 Å². The first kappa shape index (κ1) is 11.9. The molecule has 0 amide bonds. The number of aryl methyl sites for hydroxylation is 1. The van der Waals surface area contributed by atoms with Gasteiger partial charge in [0, 0.05) is 4.47 Å². The molecule has 1 aliphatic rings. The molecular weight excluding hydrogens is 268 g/mol. The quantitative estimate of drug-likeness (QED) is 0.859. The van der Waals surface area contributed by atoms with Crippen molar-refractivity contribution in [1.82, 2.24) is 0 Å². The van der Waals surface area contributed by atoms with E-state index in [2.05, 4.69) is 35.8 Å². The molecule has 0 radical (unpaired) electrons. The van der Waals surface area contributed by atoms with E-state index in [1.165, 1.54) is 16.7 Å². The largest absolute Gasteiger partial charge is 0.485 e. The topological polar surface area (TPSA) is 29.5 Å². The first-order valence-corrected chi connectivity index (χ1v) is 6.34. The molecule has 1 aliphatic heterocycles. The molecule has 88 valence electrons. The summed E-state index contributed by atoms with van der Waals surface area (Å²) in [7, 11) is 0. The smallest absolute Gasteiger partial charge is 0.129 e. The fraction of sp³-hybridized carbons (Fsp3) is 0.538. The zero-order valence-electron chi connectivity index (χ0n) is 9.93. The van der Waals surface area contributed by atoms with Gasteiger partial charge in [-0.1, -0.05) is 15.9 Å². The molecule has 1 aromatic rings. The summed E-state index contributed by atoms with van der Waals surface area (Å²) in [5, 5.41) is 9.36. The lowest BCUT2D eigenvalue weighted by atomic mass is 9.91. The molecule has 3 heteroatoms. The van der Waals surface area contributed by atoms with Crippen molar-refractivity contribution < 1.29 is 9.84 Å². The van der Waals surface area contributed by atoms with Crippen LogP contribution in [0, 0.1) is 13.8 Å². The maximum absolute atomic E-state index is 9.36. The number of rotatable bonds is 1. The average molecular weight is 285 g/mol. The zero-order valence-corrected chi connectivity index (χ0v) is 11.5. The summed E-state index contributed by atoms with van der Waals surface area (Å²) in [6.45, 7) is 6.18.